The fraction of sp³-hybridized carbons (Fsp3) is 0.286. The van der Waals surface area contributed by atoms with E-state index in [4.69, 9.17) is 0 Å². The van der Waals surface area contributed by atoms with Crippen molar-refractivity contribution >= 4 is 16.8 Å². The van der Waals surface area contributed by atoms with Gasteiger partial charge in [-0.05, 0) is 18.2 Å². The molecule has 1 aliphatic heterocycles. The molecule has 1 saturated heterocycles. The van der Waals surface area contributed by atoms with Gasteiger partial charge in [0.2, 0.25) is 5.56 Å². The molecular weight excluding hydrogens is 242 g/mol. The molecule has 0 atom stereocenters. The predicted molar refractivity (Wildman–Crippen MR) is 73.3 cm³/mol. The lowest BCUT2D eigenvalue weighted by atomic mass is 10.1. The van der Waals surface area contributed by atoms with Crippen LogP contribution >= 0.6 is 0 Å². The molecule has 0 saturated carbocycles. The Kier molecular flexibility index (Phi) is 3.05. The van der Waals surface area contributed by atoms with Gasteiger partial charge in [0.15, 0.2) is 0 Å². The number of nitrogens with zero attached hydrogens (tertiary/aromatic N) is 1. The van der Waals surface area contributed by atoms with E-state index < -0.39 is 0 Å². The van der Waals surface area contributed by atoms with E-state index in [1.807, 2.05) is 17.0 Å². The van der Waals surface area contributed by atoms with Crippen LogP contribution in [0.25, 0.3) is 10.9 Å². The largest absolute Gasteiger partial charge is 0.336 e. The number of aromatic amines is 1. The summed E-state index contributed by atoms with van der Waals surface area (Å²) in [5.41, 5.74) is 1.20. The van der Waals surface area contributed by atoms with Crippen LogP contribution in [0, 0.1) is 0 Å². The van der Waals surface area contributed by atoms with Gasteiger partial charge in [0, 0.05) is 48.7 Å². The fourth-order valence-corrected chi connectivity index (χ4v) is 2.41. The summed E-state index contributed by atoms with van der Waals surface area (Å²) in [5.74, 6) is 0.0270. The third-order valence-corrected chi connectivity index (χ3v) is 3.40. The van der Waals surface area contributed by atoms with E-state index >= 15 is 0 Å². The van der Waals surface area contributed by atoms with Crippen LogP contribution < -0.4 is 10.9 Å². The number of benzene rings is 1. The molecule has 1 aromatic carbocycles. The van der Waals surface area contributed by atoms with Crippen molar-refractivity contribution in [3.63, 3.8) is 0 Å². The van der Waals surface area contributed by atoms with Gasteiger partial charge in [-0.1, -0.05) is 6.07 Å². The Morgan fingerprint density at radius 1 is 1.11 bits per heavy atom. The molecule has 1 fully saturated rings. The average Bonchev–Trinajstić information content (AvgIpc) is 2.46. The molecule has 2 aromatic rings. The minimum absolute atomic E-state index is 0.0270. The van der Waals surface area contributed by atoms with E-state index in [0.717, 1.165) is 31.6 Å². The number of piperazine rings is 1. The molecule has 19 heavy (non-hydrogen) atoms. The van der Waals surface area contributed by atoms with Gasteiger partial charge in [-0.2, -0.15) is 0 Å². The Morgan fingerprint density at radius 2 is 1.89 bits per heavy atom. The van der Waals surface area contributed by atoms with E-state index in [2.05, 4.69) is 10.3 Å². The lowest BCUT2D eigenvalue weighted by Crippen LogP contribution is -2.46. The van der Waals surface area contributed by atoms with Gasteiger partial charge in [0.05, 0.1) is 0 Å². The molecule has 2 heterocycles. The SMILES string of the molecule is O=C(c1cccc2[nH]c(=O)ccc12)N1CCNCC1. The Bertz CT molecular complexity index is 672. The number of pyridine rings is 1. The number of hydrogen-bond acceptors (Lipinski definition) is 3. The summed E-state index contributed by atoms with van der Waals surface area (Å²) in [6.07, 6.45) is 0. The maximum Gasteiger partial charge on any atom is 0.254 e. The fourth-order valence-electron chi connectivity index (χ4n) is 2.41. The highest BCUT2D eigenvalue weighted by atomic mass is 16.2. The van der Waals surface area contributed by atoms with Crippen molar-refractivity contribution in [1.82, 2.24) is 15.2 Å². The average molecular weight is 257 g/mol. The smallest absolute Gasteiger partial charge is 0.254 e. The van der Waals surface area contributed by atoms with Crippen LogP contribution in [-0.2, 0) is 0 Å². The van der Waals surface area contributed by atoms with Crippen LogP contribution in [0.5, 0.6) is 0 Å². The summed E-state index contributed by atoms with van der Waals surface area (Å²) in [5, 5.41) is 4.02. The first-order chi connectivity index (χ1) is 9.25. The minimum atomic E-state index is -0.153. The number of carbonyl (C=O) groups excluding carboxylic acids is 1. The highest BCUT2D eigenvalue weighted by molar-refractivity contribution is 6.06. The summed E-state index contributed by atoms with van der Waals surface area (Å²) in [6.45, 7) is 3.10. The first-order valence-electron chi connectivity index (χ1n) is 6.38. The highest BCUT2D eigenvalue weighted by Crippen LogP contribution is 2.17. The molecule has 1 amide bonds. The Hall–Kier alpha value is -2.14. The van der Waals surface area contributed by atoms with Gasteiger partial charge in [-0.25, -0.2) is 0 Å². The number of nitrogens with one attached hydrogen (secondary N) is 2. The highest BCUT2D eigenvalue weighted by Gasteiger charge is 2.19. The second kappa shape index (κ2) is 4.85. The number of fused-ring (bicyclic) bond motifs is 1. The molecule has 2 N–H and O–H groups in total. The molecule has 3 rings (SSSR count). The van der Waals surface area contributed by atoms with E-state index in [9.17, 15) is 9.59 Å². The monoisotopic (exact) mass is 257 g/mol. The van der Waals surface area contributed by atoms with Crippen LogP contribution in [0.3, 0.4) is 0 Å². The molecule has 5 heteroatoms. The lowest BCUT2D eigenvalue weighted by molar-refractivity contribution is 0.0738. The van der Waals surface area contributed by atoms with Gasteiger partial charge in [-0.3, -0.25) is 9.59 Å². The minimum Gasteiger partial charge on any atom is -0.336 e. The number of amides is 1. The van der Waals surface area contributed by atoms with Gasteiger partial charge in [0.1, 0.15) is 0 Å². The summed E-state index contributed by atoms with van der Waals surface area (Å²) < 4.78 is 0. The van der Waals surface area contributed by atoms with Crippen molar-refractivity contribution in [1.29, 1.82) is 0 Å². The first-order valence-corrected chi connectivity index (χ1v) is 6.38. The summed E-state index contributed by atoms with van der Waals surface area (Å²) in [7, 11) is 0. The van der Waals surface area contributed by atoms with Gasteiger partial charge in [-0.15, -0.1) is 0 Å². The Labute approximate surface area is 110 Å². The zero-order chi connectivity index (χ0) is 13.2. The summed E-state index contributed by atoms with van der Waals surface area (Å²) in [6, 6.07) is 8.59. The zero-order valence-electron chi connectivity index (χ0n) is 10.5. The molecule has 1 aliphatic rings. The molecule has 0 radical (unpaired) electrons. The van der Waals surface area contributed by atoms with Crippen LogP contribution in [0.2, 0.25) is 0 Å². The van der Waals surface area contributed by atoms with E-state index in [0.29, 0.717) is 11.1 Å². The normalized spacial score (nSPS) is 15.7. The number of hydrogen-bond donors (Lipinski definition) is 2. The van der Waals surface area contributed by atoms with Crippen molar-refractivity contribution in [2.75, 3.05) is 26.2 Å². The van der Waals surface area contributed by atoms with Crippen molar-refractivity contribution in [2.24, 2.45) is 0 Å². The number of H-pyrrole nitrogens is 1. The van der Waals surface area contributed by atoms with E-state index in [-0.39, 0.29) is 11.5 Å². The van der Waals surface area contributed by atoms with Gasteiger partial charge in [0.25, 0.3) is 5.91 Å². The standard InChI is InChI=1S/C14H15N3O2/c18-13-5-4-10-11(2-1-3-12(10)16-13)14(19)17-8-6-15-7-9-17/h1-5,15H,6-9H2,(H,16,18). The number of aromatic nitrogens is 1. The van der Waals surface area contributed by atoms with Crippen molar-refractivity contribution in [3.8, 4) is 0 Å². The second-order valence-corrected chi connectivity index (χ2v) is 4.63. The summed E-state index contributed by atoms with van der Waals surface area (Å²) >= 11 is 0. The molecular formula is C14H15N3O2. The van der Waals surface area contributed by atoms with E-state index in [1.165, 1.54) is 6.07 Å². The van der Waals surface area contributed by atoms with Gasteiger partial charge >= 0.3 is 0 Å². The third-order valence-electron chi connectivity index (χ3n) is 3.40. The molecule has 0 bridgehead atoms. The van der Waals surface area contributed by atoms with Crippen molar-refractivity contribution < 1.29 is 4.79 Å². The Balaban J connectivity index is 2.04. The maximum atomic E-state index is 12.5. The Morgan fingerprint density at radius 3 is 2.68 bits per heavy atom. The van der Waals surface area contributed by atoms with Crippen LogP contribution in [0.15, 0.2) is 35.1 Å². The van der Waals surface area contributed by atoms with Gasteiger partial charge < -0.3 is 15.2 Å². The van der Waals surface area contributed by atoms with Crippen LogP contribution in [0.1, 0.15) is 10.4 Å². The van der Waals surface area contributed by atoms with Crippen LogP contribution in [-0.4, -0.2) is 42.0 Å². The second-order valence-electron chi connectivity index (χ2n) is 4.63. The third kappa shape index (κ3) is 2.24. The van der Waals surface area contributed by atoms with Crippen LogP contribution in [0.4, 0.5) is 0 Å². The van der Waals surface area contributed by atoms with Crippen molar-refractivity contribution in [3.05, 3.63) is 46.2 Å². The number of rotatable bonds is 1. The van der Waals surface area contributed by atoms with Crippen molar-refractivity contribution in [2.45, 2.75) is 0 Å². The lowest BCUT2D eigenvalue weighted by Gasteiger charge is -2.27. The topological polar surface area (TPSA) is 65.2 Å². The summed E-state index contributed by atoms with van der Waals surface area (Å²) in [4.78, 5) is 28.4. The quantitative estimate of drug-likeness (QED) is 0.785. The molecule has 98 valence electrons. The first kappa shape index (κ1) is 11.9. The molecule has 0 spiro atoms. The molecule has 0 aliphatic carbocycles. The van der Waals surface area contributed by atoms with E-state index in [1.54, 1.807) is 12.1 Å². The predicted octanol–water partition coefficient (Wildman–Crippen LogP) is 0.573. The molecule has 5 nitrogen and oxygen atoms in total. The molecule has 1 aromatic heterocycles. The molecule has 0 unspecified atom stereocenters. The maximum absolute atomic E-state index is 12.5. The number of carbonyl (C=O) groups is 1. The zero-order valence-corrected chi connectivity index (χ0v) is 10.5.